The van der Waals surface area contributed by atoms with E-state index < -0.39 is 27.8 Å². The zero-order valence-corrected chi connectivity index (χ0v) is 17.5. The molecule has 0 aliphatic heterocycles. The van der Waals surface area contributed by atoms with Crippen LogP contribution in [0.25, 0.3) is 5.69 Å². The fourth-order valence-corrected chi connectivity index (χ4v) is 4.47. The highest BCUT2D eigenvalue weighted by Gasteiger charge is 2.31. The lowest BCUT2D eigenvalue weighted by molar-refractivity contribution is -0.122. The average molecular weight is 431 g/mol. The molecule has 3 rings (SSSR count). The number of aromatic nitrogens is 2. The number of imidazole rings is 1. The van der Waals surface area contributed by atoms with Gasteiger partial charge in [0.05, 0.1) is 24.0 Å². The zero-order valence-electron chi connectivity index (χ0n) is 16.7. The van der Waals surface area contributed by atoms with Gasteiger partial charge in [-0.2, -0.15) is 0 Å². The summed E-state index contributed by atoms with van der Waals surface area (Å²) in [6.07, 6.45) is 6.40. The van der Waals surface area contributed by atoms with Crippen LogP contribution in [-0.2, 0) is 21.4 Å². The van der Waals surface area contributed by atoms with Gasteiger partial charge in [0.25, 0.3) is 0 Å². The predicted octanol–water partition coefficient (Wildman–Crippen LogP) is 2.87. The van der Waals surface area contributed by atoms with Gasteiger partial charge >= 0.3 is 0 Å². The van der Waals surface area contributed by atoms with E-state index in [1.807, 2.05) is 28.8 Å². The highest BCUT2D eigenvalue weighted by atomic mass is 32.2. The minimum absolute atomic E-state index is 0.213. The van der Waals surface area contributed by atoms with Crippen molar-refractivity contribution in [3.63, 3.8) is 0 Å². The standard InChI is InChI=1S/C21H23FN4O3S/c1-3-19(26(30(2,28)29)18-10-8-17(22)9-11-18)21(27)24-14-16-6-4-5-7-20(16)25-13-12-23-15-25/h4-13,15,19H,3,14H2,1-2H3,(H,24,27)/t19-/m1/s1. The lowest BCUT2D eigenvalue weighted by Crippen LogP contribution is -2.49. The van der Waals surface area contributed by atoms with Crippen molar-refractivity contribution >= 4 is 21.6 Å². The molecule has 0 radical (unpaired) electrons. The molecule has 7 nitrogen and oxygen atoms in total. The third-order valence-corrected chi connectivity index (χ3v) is 5.82. The Morgan fingerprint density at radius 3 is 2.50 bits per heavy atom. The summed E-state index contributed by atoms with van der Waals surface area (Å²) in [5, 5.41) is 2.83. The van der Waals surface area contributed by atoms with Gasteiger partial charge in [-0.3, -0.25) is 9.10 Å². The van der Waals surface area contributed by atoms with Crippen molar-refractivity contribution in [1.29, 1.82) is 0 Å². The van der Waals surface area contributed by atoms with E-state index in [-0.39, 0.29) is 18.7 Å². The van der Waals surface area contributed by atoms with Gasteiger partial charge in [0.2, 0.25) is 15.9 Å². The van der Waals surface area contributed by atoms with Gasteiger partial charge in [0, 0.05) is 18.9 Å². The Morgan fingerprint density at radius 1 is 1.20 bits per heavy atom. The van der Waals surface area contributed by atoms with Crippen LogP contribution in [0.2, 0.25) is 0 Å². The Morgan fingerprint density at radius 2 is 1.90 bits per heavy atom. The summed E-state index contributed by atoms with van der Waals surface area (Å²) in [6.45, 7) is 1.94. The van der Waals surface area contributed by atoms with Crippen LogP contribution < -0.4 is 9.62 Å². The highest BCUT2D eigenvalue weighted by Crippen LogP contribution is 2.23. The maximum atomic E-state index is 13.3. The Balaban J connectivity index is 1.83. The zero-order chi connectivity index (χ0) is 21.7. The molecule has 0 saturated heterocycles. The van der Waals surface area contributed by atoms with Crippen LogP contribution in [0.1, 0.15) is 18.9 Å². The van der Waals surface area contributed by atoms with E-state index in [9.17, 15) is 17.6 Å². The van der Waals surface area contributed by atoms with Crippen molar-refractivity contribution in [1.82, 2.24) is 14.9 Å². The molecular formula is C21H23FN4O3S. The van der Waals surface area contributed by atoms with Gasteiger partial charge in [-0.1, -0.05) is 25.1 Å². The summed E-state index contributed by atoms with van der Waals surface area (Å²) in [5.74, 6) is -0.923. The van der Waals surface area contributed by atoms with Gasteiger partial charge in [0.1, 0.15) is 11.9 Å². The van der Waals surface area contributed by atoms with Crippen molar-refractivity contribution in [3.05, 3.63) is 78.6 Å². The summed E-state index contributed by atoms with van der Waals surface area (Å²) in [5.41, 5.74) is 1.95. The molecule has 1 atom stereocenters. The summed E-state index contributed by atoms with van der Waals surface area (Å²) in [4.78, 5) is 17.0. The normalized spacial score (nSPS) is 12.4. The number of anilines is 1. The molecule has 2 aromatic carbocycles. The monoisotopic (exact) mass is 430 g/mol. The van der Waals surface area contributed by atoms with Crippen LogP contribution >= 0.6 is 0 Å². The minimum atomic E-state index is -3.78. The molecule has 0 unspecified atom stereocenters. The summed E-state index contributed by atoms with van der Waals surface area (Å²) in [6, 6.07) is 11.6. The van der Waals surface area contributed by atoms with E-state index in [4.69, 9.17) is 0 Å². The van der Waals surface area contributed by atoms with Crippen molar-refractivity contribution in [3.8, 4) is 5.69 Å². The van der Waals surface area contributed by atoms with Crippen LogP contribution in [0.15, 0.2) is 67.3 Å². The van der Waals surface area contributed by atoms with E-state index in [2.05, 4.69) is 10.3 Å². The smallest absolute Gasteiger partial charge is 0.244 e. The molecular weight excluding hydrogens is 407 g/mol. The molecule has 30 heavy (non-hydrogen) atoms. The first-order valence-electron chi connectivity index (χ1n) is 9.40. The van der Waals surface area contributed by atoms with E-state index in [0.29, 0.717) is 0 Å². The van der Waals surface area contributed by atoms with Crippen LogP contribution in [0.4, 0.5) is 10.1 Å². The number of para-hydroxylation sites is 1. The molecule has 0 aliphatic carbocycles. The number of sulfonamides is 1. The van der Waals surface area contributed by atoms with Crippen molar-refractivity contribution in [2.45, 2.75) is 25.9 Å². The van der Waals surface area contributed by atoms with Gasteiger partial charge in [-0.05, 0) is 42.3 Å². The van der Waals surface area contributed by atoms with Crippen molar-refractivity contribution < 1.29 is 17.6 Å². The Kier molecular flexibility index (Phi) is 6.51. The number of carbonyl (C=O) groups excluding carboxylic acids is 1. The number of hydrogen-bond donors (Lipinski definition) is 1. The van der Waals surface area contributed by atoms with Crippen LogP contribution in [0.3, 0.4) is 0 Å². The largest absolute Gasteiger partial charge is 0.350 e. The van der Waals surface area contributed by atoms with E-state index in [1.54, 1.807) is 25.6 Å². The molecule has 3 aromatic rings. The van der Waals surface area contributed by atoms with Crippen molar-refractivity contribution in [2.75, 3.05) is 10.6 Å². The molecule has 1 aromatic heterocycles. The minimum Gasteiger partial charge on any atom is -0.350 e. The summed E-state index contributed by atoms with van der Waals surface area (Å²) < 4.78 is 41.1. The van der Waals surface area contributed by atoms with Gasteiger partial charge in [-0.25, -0.2) is 17.8 Å². The van der Waals surface area contributed by atoms with E-state index in [1.165, 1.54) is 24.3 Å². The lowest BCUT2D eigenvalue weighted by Gasteiger charge is -2.30. The molecule has 1 heterocycles. The molecule has 0 saturated carbocycles. The Labute approximate surface area is 175 Å². The second-order valence-corrected chi connectivity index (χ2v) is 8.64. The topological polar surface area (TPSA) is 84.3 Å². The Hall–Kier alpha value is -3.20. The first-order chi connectivity index (χ1) is 14.3. The average Bonchev–Trinajstić information content (AvgIpc) is 3.25. The molecule has 158 valence electrons. The first-order valence-corrected chi connectivity index (χ1v) is 11.2. The van der Waals surface area contributed by atoms with Gasteiger partial charge in [0.15, 0.2) is 0 Å². The highest BCUT2D eigenvalue weighted by molar-refractivity contribution is 7.92. The molecule has 0 bridgehead atoms. The molecule has 0 fully saturated rings. The lowest BCUT2D eigenvalue weighted by atomic mass is 10.1. The molecule has 1 amide bonds. The number of nitrogens with zero attached hydrogens (tertiary/aromatic N) is 3. The quantitative estimate of drug-likeness (QED) is 0.596. The maximum absolute atomic E-state index is 13.3. The Bertz CT molecular complexity index is 1100. The van der Waals surface area contributed by atoms with Crippen molar-refractivity contribution in [2.24, 2.45) is 0 Å². The van der Waals surface area contributed by atoms with E-state index in [0.717, 1.165) is 21.8 Å². The van der Waals surface area contributed by atoms with Crippen LogP contribution in [0, 0.1) is 5.82 Å². The SMILES string of the molecule is CC[C@H](C(=O)NCc1ccccc1-n1ccnc1)N(c1ccc(F)cc1)S(C)(=O)=O. The number of rotatable bonds is 8. The number of benzene rings is 2. The second kappa shape index (κ2) is 9.08. The summed E-state index contributed by atoms with van der Waals surface area (Å²) in [7, 11) is -3.78. The number of carbonyl (C=O) groups is 1. The number of halogens is 1. The van der Waals surface area contributed by atoms with Gasteiger partial charge < -0.3 is 9.88 Å². The van der Waals surface area contributed by atoms with Crippen LogP contribution in [-0.4, -0.2) is 36.2 Å². The fraction of sp³-hybridized carbons (Fsp3) is 0.238. The fourth-order valence-electron chi connectivity index (χ4n) is 3.26. The van der Waals surface area contributed by atoms with Gasteiger partial charge in [-0.15, -0.1) is 0 Å². The number of nitrogens with one attached hydrogen (secondary N) is 1. The summed E-state index contributed by atoms with van der Waals surface area (Å²) >= 11 is 0. The maximum Gasteiger partial charge on any atom is 0.244 e. The second-order valence-electron chi connectivity index (χ2n) is 6.78. The molecule has 9 heteroatoms. The third-order valence-electron chi connectivity index (χ3n) is 4.64. The predicted molar refractivity (Wildman–Crippen MR) is 113 cm³/mol. The van der Waals surface area contributed by atoms with Crippen LogP contribution in [0.5, 0.6) is 0 Å². The molecule has 0 aliphatic rings. The molecule has 1 N–H and O–H groups in total. The van der Waals surface area contributed by atoms with E-state index >= 15 is 0 Å². The number of hydrogen-bond acceptors (Lipinski definition) is 4. The molecule has 0 spiro atoms. The third kappa shape index (κ3) is 4.85. The number of amides is 1. The first kappa shape index (κ1) is 21.5.